The largest absolute Gasteiger partial charge is 0.497 e. The second-order valence-corrected chi connectivity index (χ2v) is 11.1. The van der Waals surface area contributed by atoms with Gasteiger partial charge in [-0.05, 0) is 92.8 Å². The van der Waals surface area contributed by atoms with E-state index in [-0.39, 0.29) is 23.6 Å². The van der Waals surface area contributed by atoms with Crippen LogP contribution >= 0.6 is 0 Å². The zero-order chi connectivity index (χ0) is 31.3. The van der Waals surface area contributed by atoms with Crippen molar-refractivity contribution < 1.29 is 23.7 Å². The Hall–Kier alpha value is -5.19. The Balaban J connectivity index is 1.46. The molecule has 2 heterocycles. The van der Waals surface area contributed by atoms with Gasteiger partial charge in [0.05, 0.1) is 19.3 Å². The molecule has 0 saturated heterocycles. The number of H-pyrrole nitrogens is 2. The lowest BCUT2D eigenvalue weighted by molar-refractivity contribution is -0.154. The summed E-state index contributed by atoms with van der Waals surface area (Å²) < 4.78 is 23.0. The number of nitrogens with zero attached hydrogens (tertiary/aromatic N) is 3. The van der Waals surface area contributed by atoms with Gasteiger partial charge in [-0.1, -0.05) is 24.3 Å². The normalized spacial score (nSPS) is 11.4. The number of nitrogens with one attached hydrogen (secondary N) is 2. The van der Waals surface area contributed by atoms with E-state index < -0.39 is 11.2 Å². The van der Waals surface area contributed by atoms with Crippen LogP contribution in [0, 0.1) is 0 Å². The number of carbonyl (C=O) groups is 1. The Morgan fingerprint density at radius 1 is 0.909 bits per heavy atom. The maximum atomic E-state index is 12.6. The Morgan fingerprint density at radius 2 is 1.66 bits per heavy atom. The van der Waals surface area contributed by atoms with E-state index in [1.165, 1.54) is 0 Å². The second-order valence-electron chi connectivity index (χ2n) is 11.1. The summed E-state index contributed by atoms with van der Waals surface area (Å²) in [4.78, 5) is 32.3. The van der Waals surface area contributed by atoms with Crippen molar-refractivity contribution in [3.05, 3.63) is 82.1 Å². The minimum absolute atomic E-state index is 0.136. The summed E-state index contributed by atoms with van der Waals surface area (Å²) in [5.41, 5.74) is 3.64. The van der Waals surface area contributed by atoms with Gasteiger partial charge in [0, 0.05) is 6.42 Å². The van der Waals surface area contributed by atoms with Gasteiger partial charge in [-0.25, -0.2) is 4.98 Å². The SMILES string of the molecule is CCOc1cc(-c2ccc(OCc3ccc(OC)cc3)c(CCC(=O)OC(C)(C)C)c2)ccc1-c1nc2n[nH]nc2c(=O)[nH]1. The molecule has 0 saturated carbocycles. The highest BCUT2D eigenvalue weighted by atomic mass is 16.6. The van der Waals surface area contributed by atoms with Gasteiger partial charge in [-0.15, -0.1) is 10.2 Å². The molecule has 0 aliphatic heterocycles. The molecule has 5 rings (SSSR count). The number of methoxy groups -OCH3 is 1. The van der Waals surface area contributed by atoms with Crippen molar-refractivity contribution in [3.8, 4) is 39.8 Å². The molecule has 5 aromatic rings. The molecule has 2 aromatic heterocycles. The third-order valence-corrected chi connectivity index (χ3v) is 6.70. The molecule has 0 radical (unpaired) electrons. The first-order valence-corrected chi connectivity index (χ1v) is 14.3. The van der Waals surface area contributed by atoms with Crippen LogP contribution in [0.25, 0.3) is 33.7 Å². The van der Waals surface area contributed by atoms with E-state index in [4.69, 9.17) is 18.9 Å². The molecule has 0 atom stereocenters. The average molecular weight is 598 g/mol. The fraction of sp³-hybridized carbons (Fsp3) is 0.303. The fourth-order valence-electron chi connectivity index (χ4n) is 4.66. The number of fused-ring (bicyclic) bond motifs is 1. The molecule has 44 heavy (non-hydrogen) atoms. The monoisotopic (exact) mass is 597 g/mol. The van der Waals surface area contributed by atoms with E-state index >= 15 is 0 Å². The summed E-state index contributed by atoms with van der Waals surface area (Å²) in [6.45, 7) is 8.20. The molecule has 0 bridgehead atoms. The van der Waals surface area contributed by atoms with Crippen molar-refractivity contribution in [3.63, 3.8) is 0 Å². The van der Waals surface area contributed by atoms with Crippen molar-refractivity contribution in [2.75, 3.05) is 13.7 Å². The summed E-state index contributed by atoms with van der Waals surface area (Å²) in [7, 11) is 1.63. The van der Waals surface area contributed by atoms with Gasteiger partial charge in [0.1, 0.15) is 35.3 Å². The average Bonchev–Trinajstić information content (AvgIpc) is 3.48. The number of carbonyl (C=O) groups excluding carboxylic acids is 1. The number of hydrogen-bond donors (Lipinski definition) is 2. The van der Waals surface area contributed by atoms with Crippen molar-refractivity contribution in [2.24, 2.45) is 0 Å². The second kappa shape index (κ2) is 13.0. The molecule has 0 fully saturated rings. The van der Waals surface area contributed by atoms with Crippen LogP contribution in [0.4, 0.5) is 0 Å². The van der Waals surface area contributed by atoms with Crippen LogP contribution in [0.3, 0.4) is 0 Å². The van der Waals surface area contributed by atoms with Crippen LogP contribution in [0.2, 0.25) is 0 Å². The smallest absolute Gasteiger partial charge is 0.306 e. The molecule has 0 unspecified atom stereocenters. The van der Waals surface area contributed by atoms with Crippen LogP contribution in [0.1, 0.15) is 45.2 Å². The number of aryl methyl sites for hydroxylation is 1. The number of hydrogen-bond acceptors (Lipinski definition) is 9. The molecule has 11 nitrogen and oxygen atoms in total. The molecular formula is C33H35N5O6. The third kappa shape index (κ3) is 7.23. The predicted molar refractivity (Wildman–Crippen MR) is 166 cm³/mol. The molecule has 2 N–H and O–H groups in total. The molecule has 0 amide bonds. The van der Waals surface area contributed by atoms with E-state index in [1.54, 1.807) is 7.11 Å². The third-order valence-electron chi connectivity index (χ3n) is 6.70. The number of benzene rings is 3. The first kappa shape index (κ1) is 30.3. The highest BCUT2D eigenvalue weighted by Gasteiger charge is 2.18. The number of aromatic amines is 2. The van der Waals surface area contributed by atoms with Crippen molar-refractivity contribution in [1.29, 1.82) is 0 Å². The first-order chi connectivity index (χ1) is 21.1. The van der Waals surface area contributed by atoms with Crippen LogP contribution in [0.5, 0.6) is 17.2 Å². The maximum absolute atomic E-state index is 12.6. The molecule has 0 aliphatic rings. The summed E-state index contributed by atoms with van der Waals surface area (Å²) in [5.74, 6) is 2.04. The lowest BCUT2D eigenvalue weighted by atomic mass is 9.98. The quantitative estimate of drug-likeness (QED) is 0.185. The summed E-state index contributed by atoms with van der Waals surface area (Å²) in [6.07, 6.45) is 0.631. The van der Waals surface area contributed by atoms with Gasteiger partial charge < -0.3 is 23.9 Å². The van der Waals surface area contributed by atoms with E-state index in [9.17, 15) is 9.59 Å². The molecule has 11 heteroatoms. The Kier molecular flexibility index (Phi) is 8.94. The zero-order valence-corrected chi connectivity index (χ0v) is 25.4. The number of esters is 1. The van der Waals surface area contributed by atoms with E-state index in [2.05, 4.69) is 25.4 Å². The summed E-state index contributed by atoms with van der Waals surface area (Å²) in [6, 6.07) is 19.2. The van der Waals surface area contributed by atoms with Gasteiger partial charge in [-0.2, -0.15) is 5.21 Å². The zero-order valence-electron chi connectivity index (χ0n) is 25.4. The van der Waals surface area contributed by atoms with Crippen molar-refractivity contribution >= 4 is 17.1 Å². The standard InChI is InChI=1S/C33H35N5O6/c1-6-42-27-18-22(9-14-25(27)30-34-31-29(32(40)35-30)36-38-37-31)21-10-15-26(43-19-20-7-12-24(41-5)13-8-20)23(17-21)11-16-28(39)44-33(2,3)4/h7-10,12-15,17-18H,6,11,16,19H2,1-5H3,(H2,34,35,36,37,38,40). The van der Waals surface area contributed by atoms with Gasteiger partial charge in [0.2, 0.25) is 5.65 Å². The Morgan fingerprint density at radius 3 is 2.39 bits per heavy atom. The summed E-state index contributed by atoms with van der Waals surface area (Å²) >= 11 is 0. The maximum Gasteiger partial charge on any atom is 0.306 e. The van der Waals surface area contributed by atoms with Gasteiger partial charge >= 0.3 is 5.97 Å². The first-order valence-electron chi connectivity index (χ1n) is 14.3. The van der Waals surface area contributed by atoms with Crippen LogP contribution in [-0.4, -0.2) is 50.7 Å². The molecule has 0 spiro atoms. The van der Waals surface area contributed by atoms with Gasteiger partial charge in [-0.3, -0.25) is 9.59 Å². The van der Waals surface area contributed by atoms with Crippen LogP contribution in [0.15, 0.2) is 65.5 Å². The molecule has 3 aromatic carbocycles. The topological polar surface area (TPSA) is 141 Å². The Bertz CT molecular complexity index is 1820. The van der Waals surface area contributed by atoms with Crippen LogP contribution < -0.4 is 19.8 Å². The lowest BCUT2D eigenvalue weighted by Gasteiger charge is -2.20. The van der Waals surface area contributed by atoms with Gasteiger partial charge in [0.25, 0.3) is 5.56 Å². The minimum atomic E-state index is -0.568. The fourth-order valence-corrected chi connectivity index (χ4v) is 4.66. The van der Waals surface area contributed by atoms with Crippen molar-refractivity contribution in [1.82, 2.24) is 25.4 Å². The number of aromatic nitrogens is 5. The molecule has 0 aliphatic carbocycles. The summed E-state index contributed by atoms with van der Waals surface area (Å²) in [5, 5.41) is 10.2. The highest BCUT2D eigenvalue weighted by Crippen LogP contribution is 2.35. The van der Waals surface area contributed by atoms with Crippen molar-refractivity contribution in [2.45, 2.75) is 52.7 Å². The van der Waals surface area contributed by atoms with Crippen LogP contribution in [-0.2, 0) is 22.6 Å². The van der Waals surface area contributed by atoms with E-state index in [1.807, 2.05) is 88.4 Å². The Labute approximate surface area is 254 Å². The molecular weight excluding hydrogens is 562 g/mol. The molecule has 228 valence electrons. The number of rotatable bonds is 11. The predicted octanol–water partition coefficient (Wildman–Crippen LogP) is 5.64. The van der Waals surface area contributed by atoms with Gasteiger partial charge in [0.15, 0.2) is 5.52 Å². The highest BCUT2D eigenvalue weighted by molar-refractivity contribution is 5.77. The lowest BCUT2D eigenvalue weighted by Crippen LogP contribution is -2.24. The number of ether oxygens (including phenoxy) is 4. The van der Waals surface area contributed by atoms with E-state index in [0.717, 1.165) is 28.0 Å². The minimum Gasteiger partial charge on any atom is -0.497 e. The van der Waals surface area contributed by atoms with E-state index in [0.29, 0.717) is 42.5 Å².